The second-order valence-corrected chi connectivity index (χ2v) is 7.25. The van der Waals surface area contributed by atoms with Gasteiger partial charge in [-0.25, -0.2) is 0 Å². The summed E-state index contributed by atoms with van der Waals surface area (Å²) >= 11 is 0. The maximum absolute atomic E-state index is 13.1. The Morgan fingerprint density at radius 1 is 0.885 bits per heavy atom. The highest BCUT2D eigenvalue weighted by Gasteiger charge is 2.33. The van der Waals surface area contributed by atoms with Gasteiger partial charge in [0.25, 0.3) is 0 Å². The Morgan fingerprint density at radius 2 is 1.42 bits per heavy atom. The van der Waals surface area contributed by atoms with Crippen LogP contribution in [0.5, 0.6) is 0 Å². The molecule has 2 aromatic rings. The molecule has 0 aromatic heterocycles. The van der Waals surface area contributed by atoms with Crippen molar-refractivity contribution < 1.29 is 14.3 Å². The molecule has 0 radical (unpaired) electrons. The monoisotopic (exact) mass is 352 g/mol. The Balaban J connectivity index is 1.97. The van der Waals surface area contributed by atoms with Crippen LogP contribution >= 0.6 is 0 Å². The summed E-state index contributed by atoms with van der Waals surface area (Å²) in [5.41, 5.74) is 2.85. The van der Waals surface area contributed by atoms with Gasteiger partial charge < -0.3 is 15.4 Å². The Morgan fingerprint density at radius 3 is 1.96 bits per heavy atom. The molecule has 0 fully saturated rings. The summed E-state index contributed by atoms with van der Waals surface area (Å²) in [6, 6.07) is 10.6. The lowest BCUT2D eigenvalue weighted by atomic mass is 9.82. The summed E-state index contributed by atoms with van der Waals surface area (Å²) in [6.45, 7) is 7.04. The van der Waals surface area contributed by atoms with Crippen LogP contribution in [-0.2, 0) is 4.74 Å². The third-order valence-corrected chi connectivity index (χ3v) is 4.30. The fourth-order valence-corrected chi connectivity index (χ4v) is 3.12. The summed E-state index contributed by atoms with van der Waals surface area (Å²) in [4.78, 5) is 26.1. The zero-order valence-electron chi connectivity index (χ0n) is 15.6. The van der Waals surface area contributed by atoms with Gasteiger partial charge in [0.2, 0.25) is 0 Å². The predicted molar refractivity (Wildman–Crippen MR) is 103 cm³/mol. The molecule has 0 spiro atoms. The Bertz CT molecular complexity index is 866. The van der Waals surface area contributed by atoms with Crippen molar-refractivity contribution in [2.24, 2.45) is 0 Å². The van der Waals surface area contributed by atoms with Crippen molar-refractivity contribution in [1.29, 1.82) is 0 Å². The number of benzene rings is 2. The second kappa shape index (κ2) is 6.92. The van der Waals surface area contributed by atoms with Crippen molar-refractivity contribution in [3.63, 3.8) is 0 Å². The molecule has 1 aliphatic rings. The standard InChI is InChI=1S/C21H24N2O3/c1-21(2,3)26-12-11-23-16-10-9-15(22-4)17-18(16)20(25)14-8-6-5-7-13(14)19(17)24/h5-10,22-23H,11-12H2,1-4H3. The molecule has 0 atom stereocenters. The third kappa shape index (κ3) is 3.35. The van der Waals surface area contributed by atoms with Crippen LogP contribution in [0, 0.1) is 0 Å². The zero-order valence-corrected chi connectivity index (χ0v) is 15.6. The highest BCUT2D eigenvalue weighted by Crippen LogP contribution is 2.36. The molecular formula is C21H24N2O3. The molecule has 1 aliphatic carbocycles. The maximum Gasteiger partial charge on any atom is 0.196 e. The van der Waals surface area contributed by atoms with Gasteiger partial charge in [-0.3, -0.25) is 9.59 Å². The predicted octanol–water partition coefficient (Wildman–Crippen LogP) is 3.73. The summed E-state index contributed by atoms with van der Waals surface area (Å²) in [6.07, 6.45) is 0. The molecule has 2 N–H and O–H groups in total. The number of hydrogen-bond acceptors (Lipinski definition) is 5. The molecule has 0 aliphatic heterocycles. The van der Waals surface area contributed by atoms with E-state index in [1.54, 1.807) is 31.3 Å². The van der Waals surface area contributed by atoms with Crippen molar-refractivity contribution >= 4 is 22.9 Å². The summed E-state index contributed by atoms with van der Waals surface area (Å²) in [5, 5.41) is 6.28. The molecule has 136 valence electrons. The van der Waals surface area contributed by atoms with E-state index in [0.717, 1.165) is 0 Å². The largest absolute Gasteiger partial charge is 0.388 e. The van der Waals surface area contributed by atoms with Crippen molar-refractivity contribution in [1.82, 2.24) is 0 Å². The molecule has 0 bridgehead atoms. The number of fused-ring (bicyclic) bond motifs is 2. The van der Waals surface area contributed by atoms with E-state index in [1.165, 1.54) is 0 Å². The van der Waals surface area contributed by atoms with Crippen molar-refractivity contribution in [3.8, 4) is 0 Å². The van der Waals surface area contributed by atoms with E-state index in [1.807, 2.05) is 32.9 Å². The fraction of sp³-hybridized carbons (Fsp3) is 0.333. The fourth-order valence-electron chi connectivity index (χ4n) is 3.12. The minimum atomic E-state index is -0.220. The number of rotatable bonds is 5. The first-order valence-electron chi connectivity index (χ1n) is 8.74. The highest BCUT2D eigenvalue weighted by molar-refractivity contribution is 6.31. The quantitative estimate of drug-likeness (QED) is 0.685. The average Bonchev–Trinajstić information content (AvgIpc) is 2.62. The van der Waals surface area contributed by atoms with E-state index in [9.17, 15) is 9.59 Å². The van der Waals surface area contributed by atoms with Gasteiger partial charge in [0.1, 0.15) is 0 Å². The Hall–Kier alpha value is -2.66. The molecule has 5 heteroatoms. The normalized spacial score (nSPS) is 13.2. The van der Waals surface area contributed by atoms with Crippen LogP contribution in [0.3, 0.4) is 0 Å². The number of carbonyl (C=O) groups excluding carboxylic acids is 2. The number of hydrogen-bond donors (Lipinski definition) is 2. The zero-order chi connectivity index (χ0) is 18.9. The van der Waals surface area contributed by atoms with Crippen LogP contribution in [0.15, 0.2) is 36.4 Å². The van der Waals surface area contributed by atoms with Crippen LogP contribution in [0.4, 0.5) is 11.4 Å². The molecule has 0 saturated carbocycles. The minimum absolute atomic E-state index is 0.130. The van der Waals surface area contributed by atoms with Gasteiger partial charge in [-0.05, 0) is 32.9 Å². The van der Waals surface area contributed by atoms with Gasteiger partial charge in [0.05, 0.1) is 23.3 Å². The van der Waals surface area contributed by atoms with Crippen LogP contribution < -0.4 is 10.6 Å². The summed E-state index contributed by atoms with van der Waals surface area (Å²) < 4.78 is 5.72. The molecule has 0 saturated heterocycles. The van der Waals surface area contributed by atoms with Gasteiger partial charge >= 0.3 is 0 Å². The molecule has 26 heavy (non-hydrogen) atoms. The molecule has 2 aromatic carbocycles. The van der Waals surface area contributed by atoms with Gasteiger partial charge in [0.15, 0.2) is 11.6 Å². The van der Waals surface area contributed by atoms with Crippen LogP contribution in [0.25, 0.3) is 0 Å². The van der Waals surface area contributed by atoms with Gasteiger partial charge in [-0.2, -0.15) is 0 Å². The lowest BCUT2D eigenvalue weighted by molar-refractivity contribution is 0.00332. The topological polar surface area (TPSA) is 67.4 Å². The average molecular weight is 352 g/mol. The van der Waals surface area contributed by atoms with E-state index < -0.39 is 0 Å². The number of ketones is 2. The van der Waals surface area contributed by atoms with E-state index in [4.69, 9.17) is 4.74 Å². The molecule has 0 heterocycles. The molecule has 0 amide bonds. The smallest absolute Gasteiger partial charge is 0.196 e. The van der Waals surface area contributed by atoms with Gasteiger partial charge in [-0.1, -0.05) is 24.3 Å². The number of nitrogens with one attached hydrogen (secondary N) is 2. The maximum atomic E-state index is 13.1. The lowest BCUT2D eigenvalue weighted by Crippen LogP contribution is -2.26. The van der Waals surface area contributed by atoms with E-state index in [-0.39, 0.29) is 17.2 Å². The van der Waals surface area contributed by atoms with Gasteiger partial charge in [-0.15, -0.1) is 0 Å². The molecule has 3 rings (SSSR count). The van der Waals surface area contributed by atoms with Crippen LogP contribution in [0.2, 0.25) is 0 Å². The van der Waals surface area contributed by atoms with Crippen molar-refractivity contribution in [2.45, 2.75) is 26.4 Å². The minimum Gasteiger partial charge on any atom is -0.388 e. The first-order valence-corrected chi connectivity index (χ1v) is 8.74. The van der Waals surface area contributed by atoms with Crippen LogP contribution in [-0.4, -0.2) is 37.4 Å². The second-order valence-electron chi connectivity index (χ2n) is 7.25. The van der Waals surface area contributed by atoms with E-state index >= 15 is 0 Å². The highest BCUT2D eigenvalue weighted by atomic mass is 16.5. The summed E-state index contributed by atoms with van der Waals surface area (Å²) in [7, 11) is 1.75. The third-order valence-electron chi connectivity index (χ3n) is 4.30. The van der Waals surface area contributed by atoms with Crippen molar-refractivity contribution in [2.75, 3.05) is 30.8 Å². The van der Waals surface area contributed by atoms with Gasteiger partial charge in [0, 0.05) is 36.1 Å². The first-order chi connectivity index (χ1) is 12.3. The Kier molecular flexibility index (Phi) is 4.83. The number of carbonyl (C=O) groups is 2. The SMILES string of the molecule is CNc1ccc(NCCOC(C)(C)C)c2c1C(=O)c1ccccc1C2=O. The molecule has 0 unspecified atom stereocenters. The lowest BCUT2D eigenvalue weighted by Gasteiger charge is -2.24. The number of ether oxygens (including phenoxy) is 1. The molecule has 5 nitrogen and oxygen atoms in total. The molecular weight excluding hydrogens is 328 g/mol. The van der Waals surface area contributed by atoms with E-state index in [0.29, 0.717) is 46.8 Å². The van der Waals surface area contributed by atoms with Crippen LogP contribution in [0.1, 0.15) is 52.6 Å². The first kappa shape index (κ1) is 18.1. The van der Waals surface area contributed by atoms with E-state index in [2.05, 4.69) is 10.6 Å². The number of anilines is 2. The van der Waals surface area contributed by atoms with Crippen molar-refractivity contribution in [3.05, 3.63) is 58.7 Å². The summed E-state index contributed by atoms with van der Waals surface area (Å²) in [5.74, 6) is -0.263. The Labute approximate surface area is 153 Å².